The summed E-state index contributed by atoms with van der Waals surface area (Å²) in [6.45, 7) is 0.643. The predicted octanol–water partition coefficient (Wildman–Crippen LogP) is 6.97. The Balaban J connectivity index is 1.38. The number of fused-ring (bicyclic) bond motifs is 1. The highest BCUT2D eigenvalue weighted by atomic mass is 16.7. The van der Waals surface area contributed by atoms with Crippen molar-refractivity contribution >= 4 is 0 Å². The molecule has 1 saturated heterocycles. The first kappa shape index (κ1) is 21.6. The monoisotopic (exact) mass is 452 g/mol. The second-order valence-electron chi connectivity index (χ2n) is 9.95. The van der Waals surface area contributed by atoms with Gasteiger partial charge in [0.15, 0.2) is 0 Å². The van der Waals surface area contributed by atoms with Gasteiger partial charge >= 0.3 is 0 Å². The van der Waals surface area contributed by atoms with Gasteiger partial charge in [0.1, 0.15) is 5.60 Å². The van der Waals surface area contributed by atoms with Gasteiger partial charge in [-0.25, -0.2) is 0 Å². The Morgan fingerprint density at radius 3 is 1.91 bits per heavy atom. The van der Waals surface area contributed by atoms with Gasteiger partial charge in [0.05, 0.1) is 11.9 Å². The second kappa shape index (κ2) is 8.72. The summed E-state index contributed by atoms with van der Waals surface area (Å²) in [6.07, 6.45) is 10.5. The van der Waals surface area contributed by atoms with Gasteiger partial charge in [-0.15, -0.1) is 0 Å². The van der Waals surface area contributed by atoms with Crippen LogP contribution < -0.4 is 0 Å². The summed E-state index contributed by atoms with van der Waals surface area (Å²) in [7, 11) is 0. The maximum absolute atomic E-state index is 7.12. The van der Waals surface area contributed by atoms with E-state index in [0.717, 1.165) is 42.4 Å². The van der Waals surface area contributed by atoms with E-state index in [-0.39, 0.29) is 17.3 Å². The Morgan fingerprint density at radius 1 is 0.765 bits per heavy atom. The molecule has 1 aliphatic carbocycles. The third-order valence-electron chi connectivity index (χ3n) is 8.26. The fourth-order valence-corrected chi connectivity index (χ4v) is 6.60. The van der Waals surface area contributed by atoms with Crippen molar-refractivity contribution in [3.05, 3.63) is 120 Å². The van der Waals surface area contributed by atoms with Crippen molar-refractivity contribution in [2.75, 3.05) is 6.61 Å². The summed E-state index contributed by atoms with van der Waals surface area (Å²) < 4.78 is 19.4. The normalized spacial score (nSPS) is 27.7. The Labute approximate surface area is 202 Å². The molecule has 2 heterocycles. The van der Waals surface area contributed by atoms with E-state index in [4.69, 9.17) is 14.2 Å². The number of benzene rings is 3. The van der Waals surface area contributed by atoms with Crippen molar-refractivity contribution in [3.63, 3.8) is 0 Å². The molecule has 2 bridgehead atoms. The van der Waals surface area contributed by atoms with Gasteiger partial charge in [-0.2, -0.15) is 0 Å². The summed E-state index contributed by atoms with van der Waals surface area (Å²) in [4.78, 5) is 0. The molecule has 3 aliphatic rings. The van der Waals surface area contributed by atoms with Crippen molar-refractivity contribution in [2.24, 2.45) is 5.41 Å². The lowest BCUT2D eigenvalue weighted by atomic mass is 9.61. The van der Waals surface area contributed by atoms with Crippen LogP contribution in [0.5, 0.6) is 0 Å². The number of hydrogen-bond acceptors (Lipinski definition) is 3. The molecule has 1 spiro atoms. The third kappa shape index (κ3) is 3.41. The molecule has 0 amide bonds. The van der Waals surface area contributed by atoms with E-state index >= 15 is 0 Å². The molecule has 2 aliphatic heterocycles. The van der Waals surface area contributed by atoms with Crippen LogP contribution in [0.4, 0.5) is 0 Å². The first-order chi connectivity index (χ1) is 16.8. The zero-order chi connectivity index (χ0) is 22.9. The minimum absolute atomic E-state index is 0.0682. The quantitative estimate of drug-likeness (QED) is 0.362. The van der Waals surface area contributed by atoms with Gasteiger partial charge in [-0.05, 0) is 42.0 Å². The molecule has 3 aromatic rings. The van der Waals surface area contributed by atoms with E-state index in [1.807, 2.05) is 6.26 Å². The van der Waals surface area contributed by atoms with Gasteiger partial charge in [0.25, 0.3) is 0 Å². The van der Waals surface area contributed by atoms with Crippen molar-refractivity contribution < 1.29 is 14.2 Å². The fraction of sp³-hybridized carbons (Fsp3) is 0.355. The molecule has 2 fully saturated rings. The minimum Gasteiger partial charge on any atom is -0.473 e. The van der Waals surface area contributed by atoms with Gasteiger partial charge in [-0.1, -0.05) is 104 Å². The van der Waals surface area contributed by atoms with Crippen LogP contribution in [-0.2, 0) is 19.8 Å². The number of hydrogen-bond donors (Lipinski definition) is 0. The topological polar surface area (TPSA) is 27.7 Å². The number of ether oxygens (including phenoxy) is 3. The van der Waals surface area contributed by atoms with Crippen LogP contribution in [0, 0.1) is 5.41 Å². The molecule has 1 saturated carbocycles. The fourth-order valence-electron chi connectivity index (χ4n) is 6.60. The van der Waals surface area contributed by atoms with E-state index in [2.05, 4.69) is 97.1 Å². The van der Waals surface area contributed by atoms with Crippen LogP contribution in [0.1, 0.15) is 55.2 Å². The van der Waals surface area contributed by atoms with Crippen LogP contribution >= 0.6 is 0 Å². The standard InChI is InChI=1S/C31H32O3/c1-4-12-25(13-5-1)31(26-14-6-2-7-15-26,27-16-8-3-9-17-27)33-23-20-29-18-10-11-19-30(29)21-22-32-28(24-29)34-30/h1-9,12-17,21-22,28H,10-11,18-20,23-24H2/t28-,29-,30-/m1/s1. The third-order valence-corrected chi connectivity index (χ3v) is 8.26. The maximum Gasteiger partial charge on any atom is 0.200 e. The van der Waals surface area contributed by atoms with Crippen LogP contribution in [0.3, 0.4) is 0 Å². The highest BCUT2D eigenvalue weighted by Gasteiger charge is 2.60. The lowest BCUT2D eigenvalue weighted by molar-refractivity contribution is -0.165. The summed E-state index contributed by atoms with van der Waals surface area (Å²) >= 11 is 0. The maximum atomic E-state index is 7.12. The molecule has 34 heavy (non-hydrogen) atoms. The molecule has 0 radical (unpaired) electrons. The van der Waals surface area contributed by atoms with Crippen LogP contribution in [0.15, 0.2) is 103 Å². The summed E-state index contributed by atoms with van der Waals surface area (Å²) in [5, 5.41) is 0. The molecule has 3 atom stereocenters. The second-order valence-corrected chi connectivity index (χ2v) is 9.95. The van der Waals surface area contributed by atoms with Crippen molar-refractivity contribution in [1.29, 1.82) is 0 Å². The van der Waals surface area contributed by atoms with E-state index in [9.17, 15) is 0 Å². The zero-order valence-electron chi connectivity index (χ0n) is 19.6. The van der Waals surface area contributed by atoms with Gasteiger partial charge in [0, 0.05) is 18.4 Å². The Kier molecular flexibility index (Phi) is 5.55. The molecule has 3 nitrogen and oxygen atoms in total. The van der Waals surface area contributed by atoms with Crippen molar-refractivity contribution in [1.82, 2.24) is 0 Å². The zero-order valence-corrected chi connectivity index (χ0v) is 19.6. The van der Waals surface area contributed by atoms with Crippen molar-refractivity contribution in [2.45, 2.75) is 56.0 Å². The van der Waals surface area contributed by atoms with Gasteiger partial charge in [-0.3, -0.25) is 0 Å². The van der Waals surface area contributed by atoms with Gasteiger partial charge in [0.2, 0.25) is 6.29 Å². The molecule has 0 unspecified atom stereocenters. The first-order valence-electron chi connectivity index (χ1n) is 12.6. The molecule has 3 heteroatoms. The average Bonchev–Trinajstić information content (AvgIpc) is 3.13. The van der Waals surface area contributed by atoms with Crippen LogP contribution in [0.25, 0.3) is 0 Å². The molecular formula is C31H32O3. The van der Waals surface area contributed by atoms with Crippen LogP contribution in [0.2, 0.25) is 0 Å². The lowest BCUT2D eigenvalue weighted by Gasteiger charge is -2.47. The Morgan fingerprint density at radius 2 is 1.32 bits per heavy atom. The Bertz CT molecular complexity index is 1030. The van der Waals surface area contributed by atoms with E-state index < -0.39 is 5.60 Å². The molecule has 0 aromatic heterocycles. The smallest absolute Gasteiger partial charge is 0.200 e. The van der Waals surface area contributed by atoms with E-state index in [0.29, 0.717) is 6.61 Å². The minimum atomic E-state index is -0.677. The highest BCUT2D eigenvalue weighted by Crippen LogP contribution is 2.60. The van der Waals surface area contributed by atoms with E-state index in [1.54, 1.807) is 0 Å². The first-order valence-corrected chi connectivity index (χ1v) is 12.6. The molecular weight excluding hydrogens is 420 g/mol. The average molecular weight is 453 g/mol. The summed E-state index contributed by atoms with van der Waals surface area (Å²) in [5.41, 5.74) is 2.63. The number of rotatable bonds is 7. The predicted molar refractivity (Wildman–Crippen MR) is 133 cm³/mol. The van der Waals surface area contributed by atoms with Gasteiger partial charge < -0.3 is 14.2 Å². The highest BCUT2D eigenvalue weighted by molar-refractivity contribution is 5.47. The molecule has 6 rings (SSSR count). The van der Waals surface area contributed by atoms with E-state index in [1.165, 1.54) is 12.8 Å². The largest absolute Gasteiger partial charge is 0.473 e. The van der Waals surface area contributed by atoms with Crippen molar-refractivity contribution in [3.8, 4) is 0 Å². The Hall–Kier alpha value is -2.88. The summed E-state index contributed by atoms with van der Waals surface area (Å²) in [6, 6.07) is 31.9. The van der Waals surface area contributed by atoms with Crippen LogP contribution in [-0.4, -0.2) is 18.5 Å². The molecule has 174 valence electrons. The SMILES string of the molecule is C1=C[C@]23CCCC[C@@]2(CCOC(c2ccccc2)(c2ccccc2)c2ccccc2)C[C@H](O1)O3. The molecule has 3 aromatic carbocycles. The lowest BCUT2D eigenvalue weighted by Crippen LogP contribution is -2.47. The summed E-state index contributed by atoms with van der Waals surface area (Å²) in [5.74, 6) is 0. The molecule has 0 N–H and O–H groups in total.